The van der Waals surface area contributed by atoms with Gasteiger partial charge in [-0.2, -0.15) is 5.10 Å². The van der Waals surface area contributed by atoms with E-state index >= 15 is 0 Å². The van der Waals surface area contributed by atoms with Crippen molar-refractivity contribution < 1.29 is 4.79 Å². The number of hydrogen-bond donors (Lipinski definition) is 0. The van der Waals surface area contributed by atoms with Crippen LogP contribution in [-0.2, 0) is 11.3 Å². The summed E-state index contributed by atoms with van der Waals surface area (Å²) >= 11 is 0. The van der Waals surface area contributed by atoms with Gasteiger partial charge >= 0.3 is 0 Å². The number of carbonyl (C=O) groups is 1. The van der Waals surface area contributed by atoms with Crippen molar-refractivity contribution in [1.29, 1.82) is 0 Å². The quantitative estimate of drug-likeness (QED) is 0.832. The molecule has 2 fully saturated rings. The molecule has 24 heavy (non-hydrogen) atoms. The zero-order valence-electron chi connectivity index (χ0n) is 14.6. The van der Waals surface area contributed by atoms with Crippen molar-refractivity contribution in [3.05, 3.63) is 28.7 Å². The van der Waals surface area contributed by atoms with Crippen molar-refractivity contribution in [2.24, 2.45) is 11.8 Å². The summed E-state index contributed by atoms with van der Waals surface area (Å²) in [6.07, 6.45) is 6.14. The molecule has 2 heterocycles. The van der Waals surface area contributed by atoms with E-state index in [-0.39, 0.29) is 11.5 Å². The molecular weight excluding hydrogens is 304 g/mol. The van der Waals surface area contributed by atoms with Crippen LogP contribution in [-0.4, -0.2) is 58.2 Å². The first-order valence-electron chi connectivity index (χ1n) is 9.17. The Morgan fingerprint density at radius 1 is 1.12 bits per heavy atom. The van der Waals surface area contributed by atoms with E-state index in [1.807, 2.05) is 4.90 Å². The first-order valence-corrected chi connectivity index (χ1v) is 9.17. The van der Waals surface area contributed by atoms with Crippen molar-refractivity contribution in [3.8, 4) is 0 Å². The number of nitrogens with zero attached hydrogens (tertiary/aromatic N) is 4. The Bertz CT molecular complexity index is 599. The molecule has 1 amide bonds. The normalized spacial score (nSPS) is 25.6. The largest absolute Gasteiger partial charge is 0.340 e. The summed E-state index contributed by atoms with van der Waals surface area (Å²) in [6, 6.07) is 3.20. The van der Waals surface area contributed by atoms with E-state index < -0.39 is 0 Å². The van der Waals surface area contributed by atoms with Crippen LogP contribution < -0.4 is 5.56 Å². The third kappa shape index (κ3) is 4.23. The summed E-state index contributed by atoms with van der Waals surface area (Å²) in [5.74, 6) is 1.39. The second-order valence-corrected chi connectivity index (χ2v) is 7.21. The van der Waals surface area contributed by atoms with Crippen molar-refractivity contribution in [3.63, 3.8) is 0 Å². The highest BCUT2D eigenvalue weighted by Gasteiger charge is 2.29. The molecule has 1 aromatic rings. The van der Waals surface area contributed by atoms with E-state index in [9.17, 15) is 9.59 Å². The van der Waals surface area contributed by atoms with Crippen LogP contribution in [0.5, 0.6) is 0 Å². The van der Waals surface area contributed by atoms with Crippen LogP contribution in [0.25, 0.3) is 0 Å². The summed E-state index contributed by atoms with van der Waals surface area (Å²) in [7, 11) is 0. The van der Waals surface area contributed by atoms with E-state index in [2.05, 4.69) is 16.9 Å². The maximum Gasteiger partial charge on any atom is 0.266 e. The van der Waals surface area contributed by atoms with Crippen molar-refractivity contribution >= 4 is 5.91 Å². The lowest BCUT2D eigenvalue weighted by Gasteiger charge is -2.37. The Morgan fingerprint density at radius 2 is 1.83 bits per heavy atom. The zero-order valence-corrected chi connectivity index (χ0v) is 14.6. The molecule has 0 unspecified atom stereocenters. The van der Waals surface area contributed by atoms with Gasteiger partial charge in [-0.25, -0.2) is 4.68 Å². The maximum absolute atomic E-state index is 12.6. The lowest BCUT2D eigenvalue weighted by atomic mass is 9.82. The molecule has 6 nitrogen and oxygen atoms in total. The molecule has 0 spiro atoms. The number of aromatic nitrogens is 2. The molecule has 0 bridgehead atoms. The van der Waals surface area contributed by atoms with Crippen LogP contribution in [0.4, 0.5) is 0 Å². The molecule has 1 aliphatic carbocycles. The van der Waals surface area contributed by atoms with E-state index in [1.165, 1.54) is 23.6 Å². The molecule has 1 aromatic heterocycles. The smallest absolute Gasteiger partial charge is 0.266 e. The molecule has 0 N–H and O–H groups in total. The standard InChI is InChI=1S/C18H28N4O2/c1-15-4-6-16(7-5-15)18(24)21-12-9-20(10-13-21)11-14-22-17(23)3-2-8-19-22/h2-3,8,15-16H,4-7,9-14H2,1H3. The zero-order chi connectivity index (χ0) is 16.9. The molecule has 1 aliphatic heterocycles. The number of hydrogen-bond acceptors (Lipinski definition) is 4. The van der Waals surface area contributed by atoms with Crippen LogP contribution in [0.3, 0.4) is 0 Å². The lowest BCUT2D eigenvalue weighted by Crippen LogP contribution is -2.51. The molecule has 6 heteroatoms. The maximum atomic E-state index is 12.6. The Kier molecular flexibility index (Phi) is 5.66. The van der Waals surface area contributed by atoms with Crippen LogP contribution in [0.1, 0.15) is 32.6 Å². The van der Waals surface area contributed by atoms with Crippen LogP contribution in [0.2, 0.25) is 0 Å². The molecule has 1 saturated carbocycles. The highest BCUT2D eigenvalue weighted by molar-refractivity contribution is 5.79. The van der Waals surface area contributed by atoms with Gasteiger partial charge in [-0.05, 0) is 37.7 Å². The summed E-state index contributed by atoms with van der Waals surface area (Å²) in [5, 5.41) is 4.09. The highest BCUT2D eigenvalue weighted by atomic mass is 16.2. The fraction of sp³-hybridized carbons (Fsp3) is 0.722. The third-order valence-electron chi connectivity index (χ3n) is 5.46. The Hall–Kier alpha value is -1.69. The predicted molar refractivity (Wildman–Crippen MR) is 92.6 cm³/mol. The summed E-state index contributed by atoms with van der Waals surface area (Å²) < 4.78 is 1.50. The number of carbonyl (C=O) groups excluding carboxylic acids is 1. The van der Waals surface area contributed by atoms with Crippen LogP contribution >= 0.6 is 0 Å². The second kappa shape index (κ2) is 7.92. The van der Waals surface area contributed by atoms with Crippen molar-refractivity contribution in [2.75, 3.05) is 32.7 Å². The third-order valence-corrected chi connectivity index (χ3v) is 5.46. The first-order chi connectivity index (χ1) is 11.6. The van der Waals surface area contributed by atoms with E-state index in [1.54, 1.807) is 12.3 Å². The van der Waals surface area contributed by atoms with Crippen molar-refractivity contribution in [2.45, 2.75) is 39.2 Å². The Morgan fingerprint density at radius 3 is 2.50 bits per heavy atom. The summed E-state index contributed by atoms with van der Waals surface area (Å²) in [4.78, 5) is 28.7. The minimum Gasteiger partial charge on any atom is -0.340 e. The lowest BCUT2D eigenvalue weighted by molar-refractivity contribution is -0.138. The number of rotatable bonds is 4. The molecule has 1 saturated heterocycles. The van der Waals surface area contributed by atoms with Gasteiger partial charge in [0.2, 0.25) is 5.91 Å². The minimum absolute atomic E-state index is 0.0576. The van der Waals surface area contributed by atoms with E-state index in [0.29, 0.717) is 12.5 Å². The van der Waals surface area contributed by atoms with Gasteiger partial charge in [0.1, 0.15) is 0 Å². The Labute approximate surface area is 143 Å². The Balaban J connectivity index is 1.43. The topological polar surface area (TPSA) is 58.4 Å². The van der Waals surface area contributed by atoms with Crippen molar-refractivity contribution in [1.82, 2.24) is 19.6 Å². The van der Waals surface area contributed by atoms with Crippen LogP contribution in [0, 0.1) is 11.8 Å². The molecule has 0 atom stereocenters. The van der Waals surface area contributed by atoms with Gasteiger partial charge < -0.3 is 4.90 Å². The monoisotopic (exact) mass is 332 g/mol. The van der Waals surface area contributed by atoms with Gasteiger partial charge in [-0.3, -0.25) is 14.5 Å². The average molecular weight is 332 g/mol. The number of piperazine rings is 1. The average Bonchev–Trinajstić information content (AvgIpc) is 2.62. The fourth-order valence-electron chi connectivity index (χ4n) is 3.75. The number of amides is 1. The summed E-state index contributed by atoms with van der Waals surface area (Å²) in [6.45, 7) is 7.08. The van der Waals surface area contributed by atoms with Crippen LogP contribution in [0.15, 0.2) is 23.1 Å². The molecule has 0 aromatic carbocycles. The van der Waals surface area contributed by atoms with E-state index in [4.69, 9.17) is 0 Å². The van der Waals surface area contributed by atoms with Gasteiger partial charge in [0.15, 0.2) is 0 Å². The van der Waals surface area contributed by atoms with Gasteiger partial charge in [-0.15, -0.1) is 0 Å². The SMILES string of the molecule is CC1CCC(C(=O)N2CCN(CCn3ncccc3=O)CC2)CC1. The van der Waals surface area contributed by atoms with Gasteiger partial charge in [0.05, 0.1) is 6.54 Å². The summed E-state index contributed by atoms with van der Waals surface area (Å²) in [5.41, 5.74) is -0.0576. The van der Waals surface area contributed by atoms with Gasteiger partial charge in [0.25, 0.3) is 5.56 Å². The molecule has 132 valence electrons. The minimum atomic E-state index is -0.0576. The molecule has 3 rings (SSSR count). The molecule has 0 radical (unpaired) electrons. The van der Waals surface area contributed by atoms with E-state index in [0.717, 1.165) is 51.5 Å². The highest BCUT2D eigenvalue weighted by Crippen LogP contribution is 2.29. The fourth-order valence-corrected chi connectivity index (χ4v) is 3.75. The predicted octanol–water partition coefficient (Wildman–Crippen LogP) is 1.21. The van der Waals surface area contributed by atoms with Gasteiger partial charge in [-0.1, -0.05) is 6.92 Å². The molecule has 2 aliphatic rings. The van der Waals surface area contributed by atoms with Gasteiger partial charge in [0, 0.05) is 50.9 Å². The second-order valence-electron chi connectivity index (χ2n) is 7.21. The molecular formula is C18H28N4O2. The first kappa shape index (κ1) is 17.1.